The molecular weight excluding hydrogens is 444 g/mol. The van der Waals surface area contributed by atoms with Crippen LogP contribution in [0.15, 0.2) is 53.7 Å². The van der Waals surface area contributed by atoms with Gasteiger partial charge in [0.1, 0.15) is 12.4 Å². The highest BCUT2D eigenvalue weighted by Gasteiger charge is 2.30. The molecule has 2 aromatic carbocycles. The number of carbonyl (C=O) groups is 1. The molecule has 0 spiro atoms. The number of halogens is 1. The van der Waals surface area contributed by atoms with Crippen LogP contribution in [-0.4, -0.2) is 26.4 Å². The van der Waals surface area contributed by atoms with Crippen molar-refractivity contribution in [1.29, 1.82) is 0 Å². The van der Waals surface area contributed by atoms with Crippen molar-refractivity contribution >= 4 is 35.0 Å². The summed E-state index contributed by atoms with van der Waals surface area (Å²) in [4.78, 5) is 12.5. The molecule has 8 heteroatoms. The molecule has 1 aliphatic carbocycles. The van der Waals surface area contributed by atoms with Crippen LogP contribution in [0.4, 0.5) is 5.69 Å². The lowest BCUT2D eigenvalue weighted by Gasteiger charge is -2.11. The summed E-state index contributed by atoms with van der Waals surface area (Å²) in [5.41, 5.74) is 2.09. The highest BCUT2D eigenvalue weighted by Crippen LogP contribution is 2.39. The first-order valence-corrected chi connectivity index (χ1v) is 12.2. The van der Waals surface area contributed by atoms with Crippen LogP contribution in [0, 0.1) is 0 Å². The minimum atomic E-state index is -0.0643. The van der Waals surface area contributed by atoms with Crippen LogP contribution in [0.2, 0.25) is 5.02 Å². The fourth-order valence-corrected chi connectivity index (χ4v) is 4.38. The molecule has 1 N–H and O–H groups in total. The number of thioether (sulfide) groups is 1. The number of rotatable bonds is 10. The van der Waals surface area contributed by atoms with Crippen LogP contribution in [0.25, 0.3) is 0 Å². The van der Waals surface area contributed by atoms with Crippen molar-refractivity contribution in [2.24, 2.45) is 0 Å². The highest BCUT2D eigenvalue weighted by atomic mass is 35.5. The number of nitrogens with one attached hydrogen (secondary N) is 1. The number of carbonyl (C=O) groups excluding carboxylic acids is 1. The third-order valence-corrected chi connectivity index (χ3v) is 6.80. The van der Waals surface area contributed by atoms with Crippen molar-refractivity contribution in [3.8, 4) is 5.75 Å². The Hall–Kier alpha value is -2.51. The number of anilines is 1. The second kappa shape index (κ2) is 10.4. The van der Waals surface area contributed by atoms with E-state index in [1.165, 1.54) is 17.3 Å². The minimum absolute atomic E-state index is 0.0643. The van der Waals surface area contributed by atoms with Crippen LogP contribution in [0.5, 0.6) is 5.75 Å². The fourth-order valence-electron chi connectivity index (χ4n) is 3.37. The van der Waals surface area contributed by atoms with Crippen LogP contribution in [0.3, 0.4) is 0 Å². The molecule has 0 aliphatic heterocycles. The maximum atomic E-state index is 12.5. The summed E-state index contributed by atoms with van der Waals surface area (Å²) in [5.74, 6) is 2.08. The van der Waals surface area contributed by atoms with Crippen molar-refractivity contribution in [2.75, 3.05) is 11.1 Å². The molecule has 6 nitrogen and oxygen atoms in total. The van der Waals surface area contributed by atoms with E-state index in [4.69, 9.17) is 16.3 Å². The van der Waals surface area contributed by atoms with E-state index in [2.05, 4.69) is 46.1 Å². The highest BCUT2D eigenvalue weighted by molar-refractivity contribution is 7.99. The smallest absolute Gasteiger partial charge is 0.234 e. The van der Waals surface area contributed by atoms with Gasteiger partial charge in [-0.15, -0.1) is 10.2 Å². The summed E-state index contributed by atoms with van der Waals surface area (Å²) in [6.45, 7) is 4.66. The lowest BCUT2D eigenvalue weighted by atomic mass is 9.99. The van der Waals surface area contributed by atoms with Crippen LogP contribution in [0.1, 0.15) is 56.5 Å². The van der Waals surface area contributed by atoms with Gasteiger partial charge in [-0.3, -0.25) is 9.36 Å². The second-order valence-electron chi connectivity index (χ2n) is 7.99. The van der Waals surface area contributed by atoms with Crippen molar-refractivity contribution in [1.82, 2.24) is 14.8 Å². The number of amides is 1. The van der Waals surface area contributed by atoms with Gasteiger partial charge in [-0.1, -0.05) is 61.5 Å². The Balaban J connectivity index is 1.35. The molecule has 0 saturated heterocycles. The molecule has 1 atom stereocenters. The molecule has 0 bridgehead atoms. The predicted molar refractivity (Wildman–Crippen MR) is 129 cm³/mol. The van der Waals surface area contributed by atoms with Gasteiger partial charge in [0.25, 0.3) is 0 Å². The van der Waals surface area contributed by atoms with Gasteiger partial charge < -0.3 is 10.1 Å². The summed E-state index contributed by atoms with van der Waals surface area (Å²) in [7, 11) is 0. The van der Waals surface area contributed by atoms with Crippen LogP contribution in [-0.2, 0) is 11.4 Å². The summed E-state index contributed by atoms with van der Waals surface area (Å²) in [6, 6.07) is 15.8. The molecule has 32 heavy (non-hydrogen) atoms. The first-order valence-electron chi connectivity index (χ1n) is 10.9. The molecule has 1 amide bonds. The summed E-state index contributed by atoms with van der Waals surface area (Å²) < 4.78 is 7.94. The molecule has 0 radical (unpaired) electrons. The third kappa shape index (κ3) is 5.64. The Morgan fingerprint density at radius 3 is 2.66 bits per heavy atom. The van der Waals surface area contributed by atoms with E-state index in [-0.39, 0.29) is 18.3 Å². The topological polar surface area (TPSA) is 69.0 Å². The van der Waals surface area contributed by atoms with Gasteiger partial charge in [-0.25, -0.2) is 0 Å². The minimum Gasteiger partial charge on any atom is -0.484 e. The van der Waals surface area contributed by atoms with E-state index < -0.39 is 0 Å². The fraction of sp³-hybridized carbons (Fsp3) is 0.375. The van der Waals surface area contributed by atoms with Gasteiger partial charge in [-0.05, 0) is 55.0 Å². The molecule has 0 unspecified atom stereocenters. The molecule has 3 aromatic rings. The Kier molecular flexibility index (Phi) is 7.37. The Bertz CT molecular complexity index is 1070. The first-order chi connectivity index (χ1) is 15.5. The molecular formula is C24H27ClN4O2S. The lowest BCUT2D eigenvalue weighted by Crippen LogP contribution is -2.15. The standard InChI is InChI=1S/C24H27ClN4O2S/c1-3-16(2)17-8-10-18(11-9-17)26-23(30)15-32-24-28-27-22(29(24)19-12-13-19)14-31-21-7-5-4-6-20(21)25/h4-11,16,19H,3,12-15H2,1-2H3,(H,26,30)/t16-/m0/s1. The number of aromatic nitrogens is 3. The summed E-state index contributed by atoms with van der Waals surface area (Å²) in [5, 5.41) is 12.9. The van der Waals surface area contributed by atoms with Gasteiger partial charge in [-0.2, -0.15) is 0 Å². The number of nitrogens with zero attached hydrogens (tertiary/aromatic N) is 3. The van der Waals surface area contributed by atoms with E-state index in [1.54, 1.807) is 6.07 Å². The van der Waals surface area contributed by atoms with Gasteiger partial charge in [0.2, 0.25) is 5.91 Å². The van der Waals surface area contributed by atoms with Gasteiger partial charge >= 0.3 is 0 Å². The molecule has 1 saturated carbocycles. The van der Waals surface area contributed by atoms with E-state index in [0.717, 1.165) is 35.9 Å². The zero-order valence-corrected chi connectivity index (χ0v) is 19.8. The quantitative estimate of drug-likeness (QED) is 0.363. The predicted octanol–water partition coefficient (Wildman–Crippen LogP) is 6.09. The van der Waals surface area contributed by atoms with E-state index >= 15 is 0 Å². The van der Waals surface area contributed by atoms with Gasteiger partial charge in [0.05, 0.1) is 10.8 Å². The van der Waals surface area contributed by atoms with E-state index in [1.807, 2.05) is 30.3 Å². The van der Waals surface area contributed by atoms with Crippen LogP contribution >= 0.6 is 23.4 Å². The zero-order chi connectivity index (χ0) is 22.5. The molecule has 168 valence electrons. The largest absolute Gasteiger partial charge is 0.484 e. The van der Waals surface area contributed by atoms with E-state index in [9.17, 15) is 4.79 Å². The Morgan fingerprint density at radius 1 is 1.22 bits per heavy atom. The van der Waals surface area contributed by atoms with Gasteiger partial charge in [0, 0.05) is 11.7 Å². The second-order valence-corrected chi connectivity index (χ2v) is 9.34. The first kappa shape index (κ1) is 22.7. The molecule has 1 heterocycles. The zero-order valence-electron chi connectivity index (χ0n) is 18.3. The third-order valence-electron chi connectivity index (χ3n) is 5.55. The summed E-state index contributed by atoms with van der Waals surface area (Å²) in [6.07, 6.45) is 3.26. The van der Waals surface area contributed by atoms with E-state index in [0.29, 0.717) is 22.7 Å². The Labute approximate surface area is 197 Å². The number of hydrogen-bond acceptors (Lipinski definition) is 5. The maximum absolute atomic E-state index is 12.5. The number of benzene rings is 2. The monoisotopic (exact) mass is 470 g/mol. The SMILES string of the molecule is CC[C@H](C)c1ccc(NC(=O)CSc2nnc(COc3ccccc3Cl)n2C2CC2)cc1. The van der Waals surface area contributed by atoms with Crippen LogP contribution < -0.4 is 10.1 Å². The van der Waals surface area contributed by atoms with Gasteiger partial charge in [0.15, 0.2) is 11.0 Å². The lowest BCUT2D eigenvalue weighted by molar-refractivity contribution is -0.113. The Morgan fingerprint density at radius 2 is 1.97 bits per heavy atom. The molecule has 1 aromatic heterocycles. The maximum Gasteiger partial charge on any atom is 0.234 e. The van der Waals surface area contributed by atoms with Crippen molar-refractivity contribution in [3.63, 3.8) is 0 Å². The number of para-hydroxylation sites is 1. The average molecular weight is 471 g/mol. The number of hydrogen-bond donors (Lipinski definition) is 1. The average Bonchev–Trinajstić information content (AvgIpc) is 3.57. The molecule has 1 fully saturated rings. The van der Waals surface area contributed by atoms with Crippen molar-refractivity contribution < 1.29 is 9.53 Å². The molecule has 4 rings (SSSR count). The van der Waals surface area contributed by atoms with Crippen molar-refractivity contribution in [3.05, 3.63) is 64.9 Å². The summed E-state index contributed by atoms with van der Waals surface area (Å²) >= 11 is 7.57. The normalized spacial score (nSPS) is 14.2. The van der Waals surface area contributed by atoms with Crippen molar-refractivity contribution in [2.45, 2.75) is 56.8 Å². The number of ether oxygens (including phenoxy) is 1. The molecule has 1 aliphatic rings.